The van der Waals surface area contributed by atoms with Gasteiger partial charge in [-0.1, -0.05) is 18.7 Å². The number of ether oxygens (including phenoxy) is 1. The van der Waals surface area contributed by atoms with E-state index in [1.807, 2.05) is 36.4 Å². The number of piperidine rings is 1. The lowest BCUT2D eigenvalue weighted by molar-refractivity contribution is 0.0303. The minimum absolute atomic E-state index is 0.00561. The predicted molar refractivity (Wildman–Crippen MR) is 148 cm³/mol. The molecule has 1 aromatic heterocycles. The molecule has 2 fully saturated rings. The van der Waals surface area contributed by atoms with E-state index in [2.05, 4.69) is 21.9 Å². The van der Waals surface area contributed by atoms with Crippen LogP contribution < -0.4 is 10.8 Å². The third kappa shape index (κ3) is 6.43. The topological polar surface area (TPSA) is 90.0 Å². The van der Waals surface area contributed by atoms with E-state index >= 15 is 0 Å². The molecular weight excluding hydrogens is 497 g/mol. The van der Waals surface area contributed by atoms with Crippen LogP contribution in [0.25, 0.3) is 11.1 Å². The van der Waals surface area contributed by atoms with E-state index in [0.29, 0.717) is 74.7 Å². The van der Waals surface area contributed by atoms with Gasteiger partial charge in [-0.05, 0) is 66.9 Å². The highest BCUT2D eigenvalue weighted by Gasteiger charge is 2.23. The molecule has 2 aliphatic heterocycles. The van der Waals surface area contributed by atoms with Gasteiger partial charge in [0.05, 0.1) is 13.2 Å². The van der Waals surface area contributed by atoms with E-state index in [-0.39, 0.29) is 11.8 Å². The molecule has 202 valence electrons. The monoisotopic (exact) mass is 529 g/mol. The number of amides is 2. The first kappa shape index (κ1) is 26.4. The largest absolute Gasteiger partial charge is 0.378 e. The fourth-order valence-corrected chi connectivity index (χ4v) is 4.75. The smallest absolute Gasteiger partial charge is 0.254 e. The van der Waals surface area contributed by atoms with Crippen molar-refractivity contribution in [3.63, 3.8) is 0 Å². The average molecular weight is 530 g/mol. The Kier molecular flexibility index (Phi) is 8.17. The maximum Gasteiger partial charge on any atom is 0.254 e. The van der Waals surface area contributed by atoms with Gasteiger partial charge in [0.2, 0.25) is 0 Å². The number of halogens is 1. The Hall–Kier alpha value is -4.24. The highest BCUT2D eigenvalue weighted by atomic mass is 19.1. The van der Waals surface area contributed by atoms with Crippen molar-refractivity contribution in [3.8, 4) is 11.1 Å². The van der Waals surface area contributed by atoms with E-state index in [1.165, 1.54) is 0 Å². The Bertz CT molecular complexity index is 1390. The first-order chi connectivity index (χ1) is 19.0. The van der Waals surface area contributed by atoms with Gasteiger partial charge < -0.3 is 24.8 Å². The minimum Gasteiger partial charge on any atom is -0.378 e. The zero-order valence-electron chi connectivity index (χ0n) is 21.7. The van der Waals surface area contributed by atoms with Crippen molar-refractivity contribution >= 4 is 17.5 Å². The number of morpholine rings is 1. The number of benzene rings is 2. The van der Waals surface area contributed by atoms with Crippen molar-refractivity contribution in [1.29, 1.82) is 0 Å². The molecule has 0 aliphatic carbocycles. The van der Waals surface area contributed by atoms with Gasteiger partial charge in [-0.15, -0.1) is 0 Å². The van der Waals surface area contributed by atoms with E-state index in [9.17, 15) is 14.0 Å². The van der Waals surface area contributed by atoms with E-state index in [1.54, 1.807) is 40.3 Å². The molecule has 0 atom stereocenters. The van der Waals surface area contributed by atoms with Crippen molar-refractivity contribution in [2.24, 2.45) is 4.99 Å². The van der Waals surface area contributed by atoms with Crippen molar-refractivity contribution in [2.75, 3.05) is 44.7 Å². The van der Waals surface area contributed by atoms with Gasteiger partial charge in [-0.3, -0.25) is 9.59 Å². The molecule has 2 aliphatic rings. The molecule has 5 rings (SSSR count). The third-order valence-corrected chi connectivity index (χ3v) is 6.95. The SMILES string of the molecule is C=C(/N=c1\[nH]cccc1-c1ccc(C(=O)N2CCC(F)CC2)cc1)Nc1ccc(C(=O)N2CCOCC2)cc1. The quantitative estimate of drug-likeness (QED) is 0.501. The number of carbonyl (C=O) groups is 2. The van der Waals surface area contributed by atoms with E-state index in [0.717, 1.165) is 16.8 Å². The molecule has 9 heteroatoms. The summed E-state index contributed by atoms with van der Waals surface area (Å²) >= 11 is 0. The summed E-state index contributed by atoms with van der Waals surface area (Å²) in [5.74, 6) is 0.344. The molecule has 0 radical (unpaired) electrons. The molecular formula is C30H32FN5O3. The summed E-state index contributed by atoms with van der Waals surface area (Å²) in [5.41, 5.74) is 4.32. The number of hydrogen-bond acceptors (Lipinski definition) is 5. The summed E-state index contributed by atoms with van der Waals surface area (Å²) in [6.07, 6.45) is 1.75. The van der Waals surface area contributed by atoms with Gasteiger partial charge in [0.25, 0.3) is 11.8 Å². The molecule has 0 spiro atoms. The van der Waals surface area contributed by atoms with Gasteiger partial charge in [-0.2, -0.15) is 0 Å². The summed E-state index contributed by atoms with van der Waals surface area (Å²) in [6.45, 7) is 7.26. The Labute approximate surface area is 226 Å². The standard InChI is InChI=1S/C30H32FN5O3/c1-21(33-26-10-8-24(9-11-26)30(38)36-17-19-39-20-18-36)34-28-27(3-2-14-32-28)22-4-6-23(7-5-22)29(37)35-15-12-25(31)13-16-35/h2-11,14,25,33H,1,12-13,15-20H2,(H,32,34). The van der Waals surface area contributed by atoms with Crippen molar-refractivity contribution in [3.05, 3.63) is 95.9 Å². The Morgan fingerprint density at radius 2 is 1.49 bits per heavy atom. The molecule has 8 nitrogen and oxygen atoms in total. The van der Waals surface area contributed by atoms with Crippen LogP contribution in [0.3, 0.4) is 0 Å². The maximum absolute atomic E-state index is 13.4. The predicted octanol–water partition coefficient (Wildman–Crippen LogP) is 4.21. The van der Waals surface area contributed by atoms with Crippen molar-refractivity contribution < 1.29 is 18.7 Å². The number of aromatic nitrogens is 1. The highest BCUT2D eigenvalue weighted by Crippen LogP contribution is 2.20. The molecule has 2 saturated heterocycles. The number of nitrogens with one attached hydrogen (secondary N) is 2. The van der Waals surface area contributed by atoms with Crippen LogP contribution in [0.1, 0.15) is 33.6 Å². The zero-order valence-corrected chi connectivity index (χ0v) is 21.7. The normalized spacial score (nSPS) is 16.7. The summed E-state index contributed by atoms with van der Waals surface area (Å²) in [4.78, 5) is 36.8. The Morgan fingerprint density at radius 3 is 2.13 bits per heavy atom. The van der Waals surface area contributed by atoms with Gasteiger partial charge in [-0.25, -0.2) is 9.38 Å². The number of aromatic amines is 1. The van der Waals surface area contributed by atoms with Crippen LogP contribution in [0.4, 0.5) is 10.1 Å². The number of nitrogens with zero attached hydrogens (tertiary/aromatic N) is 3. The van der Waals surface area contributed by atoms with Crippen LogP contribution in [-0.4, -0.2) is 72.2 Å². The fourth-order valence-electron chi connectivity index (χ4n) is 4.75. The molecule has 0 unspecified atom stereocenters. The fraction of sp³-hybridized carbons (Fsp3) is 0.300. The maximum atomic E-state index is 13.4. The van der Waals surface area contributed by atoms with Crippen LogP contribution in [0, 0.1) is 0 Å². The van der Waals surface area contributed by atoms with Crippen LogP contribution in [-0.2, 0) is 4.74 Å². The van der Waals surface area contributed by atoms with Gasteiger partial charge in [0, 0.05) is 54.8 Å². The van der Waals surface area contributed by atoms with Crippen LogP contribution in [0.5, 0.6) is 0 Å². The second-order valence-corrected chi connectivity index (χ2v) is 9.64. The highest BCUT2D eigenvalue weighted by molar-refractivity contribution is 5.95. The van der Waals surface area contributed by atoms with Crippen molar-refractivity contribution in [2.45, 2.75) is 19.0 Å². The first-order valence-electron chi connectivity index (χ1n) is 13.2. The van der Waals surface area contributed by atoms with Gasteiger partial charge >= 0.3 is 0 Å². The lowest BCUT2D eigenvalue weighted by atomic mass is 10.0. The van der Waals surface area contributed by atoms with Crippen molar-refractivity contribution in [1.82, 2.24) is 14.8 Å². The molecule has 0 saturated carbocycles. The Morgan fingerprint density at radius 1 is 0.897 bits per heavy atom. The van der Waals surface area contributed by atoms with Gasteiger partial charge in [0.1, 0.15) is 17.5 Å². The summed E-state index contributed by atoms with van der Waals surface area (Å²) in [7, 11) is 0. The molecule has 3 heterocycles. The van der Waals surface area contributed by atoms with Gasteiger partial charge in [0.15, 0.2) is 0 Å². The van der Waals surface area contributed by atoms with Crippen LogP contribution in [0.15, 0.2) is 84.3 Å². The number of H-pyrrole nitrogens is 1. The zero-order chi connectivity index (χ0) is 27.2. The number of likely N-dealkylation sites (tertiary alicyclic amines) is 1. The number of pyridine rings is 1. The molecule has 3 aromatic rings. The van der Waals surface area contributed by atoms with Crippen LogP contribution in [0.2, 0.25) is 0 Å². The molecule has 2 amide bonds. The number of rotatable bonds is 6. The molecule has 39 heavy (non-hydrogen) atoms. The third-order valence-electron chi connectivity index (χ3n) is 6.95. The molecule has 0 bridgehead atoms. The number of alkyl halides is 1. The van der Waals surface area contributed by atoms with Crippen LogP contribution >= 0.6 is 0 Å². The summed E-state index contributed by atoms with van der Waals surface area (Å²) in [5, 5.41) is 3.18. The lowest BCUT2D eigenvalue weighted by Gasteiger charge is -2.28. The summed E-state index contributed by atoms with van der Waals surface area (Å²) in [6, 6.07) is 18.4. The number of anilines is 1. The van der Waals surface area contributed by atoms with E-state index in [4.69, 9.17) is 4.74 Å². The second kappa shape index (κ2) is 12.1. The Balaban J connectivity index is 1.26. The lowest BCUT2D eigenvalue weighted by Crippen LogP contribution is -2.40. The molecule has 2 N–H and O–H groups in total. The molecule has 2 aromatic carbocycles. The summed E-state index contributed by atoms with van der Waals surface area (Å²) < 4.78 is 18.8. The number of hydrogen-bond donors (Lipinski definition) is 2. The van der Waals surface area contributed by atoms with E-state index < -0.39 is 6.17 Å². The first-order valence-corrected chi connectivity index (χ1v) is 13.2. The minimum atomic E-state index is -0.818. The average Bonchev–Trinajstić information content (AvgIpc) is 2.98. The number of carbonyl (C=O) groups excluding carboxylic acids is 2. The second-order valence-electron chi connectivity index (χ2n) is 9.64.